The molecule has 0 amide bonds. The second-order valence-electron chi connectivity index (χ2n) is 2.38. The highest BCUT2D eigenvalue weighted by atomic mass is 32.2. The molecular formula is C10H11NS. The fourth-order valence-corrected chi connectivity index (χ4v) is 1.68. The Kier molecular flexibility index (Phi) is 3.56. The zero-order chi connectivity index (χ0) is 8.81. The van der Waals surface area contributed by atoms with Gasteiger partial charge in [0.25, 0.3) is 0 Å². The summed E-state index contributed by atoms with van der Waals surface area (Å²) in [6.07, 6.45) is 5.94. The largest absolute Gasteiger partial charge is 0.399 e. The Bertz CT molecular complexity index is 288. The van der Waals surface area contributed by atoms with E-state index in [1.807, 2.05) is 24.3 Å². The van der Waals surface area contributed by atoms with E-state index in [0.717, 1.165) is 17.9 Å². The van der Waals surface area contributed by atoms with Gasteiger partial charge in [0.15, 0.2) is 0 Å². The lowest BCUT2D eigenvalue weighted by Crippen LogP contribution is -1.84. The number of benzene rings is 1. The molecule has 0 radical (unpaired) electrons. The topological polar surface area (TPSA) is 26.0 Å². The number of nitrogens with two attached hydrogens (primary N) is 1. The number of anilines is 1. The van der Waals surface area contributed by atoms with E-state index in [9.17, 15) is 0 Å². The Labute approximate surface area is 77.4 Å². The average Bonchev–Trinajstić information content (AvgIpc) is 2.05. The third-order valence-electron chi connectivity index (χ3n) is 1.37. The van der Waals surface area contributed by atoms with Gasteiger partial charge in [-0.2, -0.15) is 0 Å². The maximum atomic E-state index is 5.61. The summed E-state index contributed by atoms with van der Waals surface area (Å²) in [6.45, 7) is 0. The lowest BCUT2D eigenvalue weighted by Gasteiger charge is -1.99. The van der Waals surface area contributed by atoms with Crippen LogP contribution in [-0.2, 0) is 0 Å². The minimum Gasteiger partial charge on any atom is -0.399 e. The van der Waals surface area contributed by atoms with Crippen LogP contribution in [0.5, 0.6) is 0 Å². The van der Waals surface area contributed by atoms with Crippen molar-refractivity contribution in [3.05, 3.63) is 24.3 Å². The minimum atomic E-state index is 0.805. The van der Waals surface area contributed by atoms with Crippen LogP contribution in [0.1, 0.15) is 6.42 Å². The van der Waals surface area contributed by atoms with E-state index in [1.54, 1.807) is 11.8 Å². The molecule has 0 saturated heterocycles. The summed E-state index contributed by atoms with van der Waals surface area (Å²) in [6, 6.07) is 7.83. The molecule has 1 aromatic rings. The molecule has 0 aliphatic rings. The highest BCUT2D eigenvalue weighted by Gasteiger charge is 1.92. The first-order valence-corrected chi connectivity index (χ1v) is 4.73. The van der Waals surface area contributed by atoms with Crippen molar-refractivity contribution in [2.24, 2.45) is 0 Å². The van der Waals surface area contributed by atoms with E-state index in [2.05, 4.69) is 5.92 Å². The molecular weight excluding hydrogens is 166 g/mol. The first-order valence-electron chi connectivity index (χ1n) is 3.75. The normalized spacial score (nSPS) is 9.25. The third-order valence-corrected chi connectivity index (χ3v) is 2.37. The molecule has 0 aliphatic heterocycles. The summed E-state index contributed by atoms with van der Waals surface area (Å²) >= 11 is 1.74. The number of hydrogen-bond donors (Lipinski definition) is 1. The Morgan fingerprint density at radius 2 is 2.33 bits per heavy atom. The van der Waals surface area contributed by atoms with Crippen LogP contribution in [0.15, 0.2) is 29.2 Å². The van der Waals surface area contributed by atoms with E-state index in [4.69, 9.17) is 12.2 Å². The van der Waals surface area contributed by atoms with Gasteiger partial charge < -0.3 is 5.73 Å². The second-order valence-corrected chi connectivity index (χ2v) is 3.54. The average molecular weight is 177 g/mol. The molecule has 0 spiro atoms. The molecule has 62 valence electrons. The molecule has 12 heavy (non-hydrogen) atoms. The summed E-state index contributed by atoms with van der Waals surface area (Å²) in [5.74, 6) is 3.56. The lowest BCUT2D eigenvalue weighted by atomic mass is 10.3. The van der Waals surface area contributed by atoms with Crippen LogP contribution >= 0.6 is 11.8 Å². The summed E-state index contributed by atoms with van der Waals surface area (Å²) in [5, 5.41) is 0. The van der Waals surface area contributed by atoms with Crippen LogP contribution in [-0.4, -0.2) is 5.75 Å². The van der Waals surface area contributed by atoms with E-state index >= 15 is 0 Å². The Balaban J connectivity index is 2.48. The van der Waals surface area contributed by atoms with Gasteiger partial charge in [-0.3, -0.25) is 0 Å². The molecule has 1 rings (SSSR count). The fraction of sp³-hybridized carbons (Fsp3) is 0.200. The number of rotatable bonds is 3. The van der Waals surface area contributed by atoms with Crippen molar-refractivity contribution in [2.75, 3.05) is 11.5 Å². The van der Waals surface area contributed by atoms with Crippen molar-refractivity contribution in [1.82, 2.24) is 0 Å². The quantitative estimate of drug-likeness (QED) is 0.332. The molecule has 0 fully saturated rings. The maximum absolute atomic E-state index is 5.61. The molecule has 0 unspecified atom stereocenters. The number of hydrogen-bond acceptors (Lipinski definition) is 2. The smallest absolute Gasteiger partial charge is 0.0325 e. The lowest BCUT2D eigenvalue weighted by molar-refractivity contribution is 1.29. The monoisotopic (exact) mass is 177 g/mol. The van der Waals surface area contributed by atoms with Crippen molar-refractivity contribution in [3.8, 4) is 12.3 Å². The summed E-state index contributed by atoms with van der Waals surface area (Å²) in [5.41, 5.74) is 6.42. The minimum absolute atomic E-state index is 0.805. The number of terminal acetylenes is 1. The molecule has 0 saturated carbocycles. The molecule has 1 aromatic carbocycles. The van der Waals surface area contributed by atoms with Crippen LogP contribution in [0.25, 0.3) is 0 Å². The molecule has 0 heterocycles. The highest BCUT2D eigenvalue weighted by Crippen LogP contribution is 2.20. The number of nitrogen functional groups attached to an aromatic ring is 1. The van der Waals surface area contributed by atoms with Gasteiger partial charge in [0, 0.05) is 22.8 Å². The van der Waals surface area contributed by atoms with Gasteiger partial charge in [-0.1, -0.05) is 6.07 Å². The van der Waals surface area contributed by atoms with Crippen LogP contribution in [0.2, 0.25) is 0 Å². The SMILES string of the molecule is C#CCCSc1cccc(N)c1. The molecule has 2 heteroatoms. The molecule has 0 bridgehead atoms. The molecule has 1 nitrogen and oxygen atoms in total. The number of thioether (sulfide) groups is 1. The van der Waals surface area contributed by atoms with E-state index in [0.29, 0.717) is 0 Å². The van der Waals surface area contributed by atoms with Gasteiger partial charge in [-0.05, 0) is 18.2 Å². The third kappa shape index (κ3) is 2.89. The Morgan fingerprint density at radius 3 is 3.00 bits per heavy atom. The van der Waals surface area contributed by atoms with E-state index in [1.165, 1.54) is 4.90 Å². The highest BCUT2D eigenvalue weighted by molar-refractivity contribution is 7.99. The second kappa shape index (κ2) is 4.74. The predicted octanol–water partition coefficient (Wildman–Crippen LogP) is 2.38. The van der Waals surface area contributed by atoms with Gasteiger partial charge in [0.1, 0.15) is 0 Å². The van der Waals surface area contributed by atoms with Crippen LogP contribution in [0.3, 0.4) is 0 Å². The van der Waals surface area contributed by atoms with Gasteiger partial charge in [-0.25, -0.2) is 0 Å². The van der Waals surface area contributed by atoms with Crippen molar-refractivity contribution in [3.63, 3.8) is 0 Å². The summed E-state index contributed by atoms with van der Waals surface area (Å²) in [7, 11) is 0. The zero-order valence-electron chi connectivity index (χ0n) is 6.79. The molecule has 2 N–H and O–H groups in total. The maximum Gasteiger partial charge on any atom is 0.0325 e. The van der Waals surface area contributed by atoms with E-state index in [-0.39, 0.29) is 0 Å². The summed E-state index contributed by atoms with van der Waals surface area (Å²) in [4.78, 5) is 1.19. The van der Waals surface area contributed by atoms with Gasteiger partial charge in [-0.15, -0.1) is 24.1 Å². The van der Waals surface area contributed by atoms with Crippen molar-refractivity contribution < 1.29 is 0 Å². The summed E-state index contributed by atoms with van der Waals surface area (Å²) < 4.78 is 0. The fourth-order valence-electron chi connectivity index (χ4n) is 0.832. The first-order chi connectivity index (χ1) is 5.83. The van der Waals surface area contributed by atoms with Gasteiger partial charge in [0.05, 0.1) is 0 Å². The van der Waals surface area contributed by atoms with Crippen LogP contribution in [0.4, 0.5) is 5.69 Å². The Hall–Kier alpha value is -1.07. The van der Waals surface area contributed by atoms with Gasteiger partial charge in [0.2, 0.25) is 0 Å². The predicted molar refractivity (Wildman–Crippen MR) is 55.0 cm³/mol. The van der Waals surface area contributed by atoms with E-state index < -0.39 is 0 Å². The first kappa shape index (κ1) is 9.02. The van der Waals surface area contributed by atoms with Crippen LogP contribution in [0, 0.1) is 12.3 Å². The zero-order valence-corrected chi connectivity index (χ0v) is 7.60. The van der Waals surface area contributed by atoms with Crippen molar-refractivity contribution in [1.29, 1.82) is 0 Å². The Morgan fingerprint density at radius 1 is 1.50 bits per heavy atom. The van der Waals surface area contributed by atoms with Crippen molar-refractivity contribution >= 4 is 17.4 Å². The molecule has 0 atom stereocenters. The molecule has 0 aliphatic carbocycles. The van der Waals surface area contributed by atoms with Gasteiger partial charge >= 0.3 is 0 Å². The van der Waals surface area contributed by atoms with Crippen LogP contribution < -0.4 is 5.73 Å². The standard InChI is InChI=1S/C10H11NS/c1-2-3-7-12-10-6-4-5-9(11)8-10/h1,4-6,8H,3,7,11H2. The van der Waals surface area contributed by atoms with Crippen molar-refractivity contribution in [2.45, 2.75) is 11.3 Å². The molecule has 0 aromatic heterocycles.